The van der Waals surface area contributed by atoms with Crippen molar-refractivity contribution in [2.75, 3.05) is 43.9 Å². The van der Waals surface area contributed by atoms with Gasteiger partial charge in [0.25, 0.3) is 0 Å². The Kier molecular flexibility index (Phi) is 7.54. The summed E-state index contributed by atoms with van der Waals surface area (Å²) in [5, 5.41) is -0.354. The Labute approximate surface area is 211 Å². The van der Waals surface area contributed by atoms with Gasteiger partial charge in [0.05, 0.1) is 5.25 Å². The molecular formula is C25H36F3N3O4S. The molecule has 1 spiro atoms. The number of amides is 1. The zero-order valence-electron chi connectivity index (χ0n) is 21.2. The Morgan fingerprint density at radius 2 is 1.86 bits per heavy atom. The molecule has 36 heavy (non-hydrogen) atoms. The number of anilines is 1. The molecule has 1 aromatic rings. The van der Waals surface area contributed by atoms with Crippen LogP contribution in [0, 0.1) is 6.92 Å². The highest BCUT2D eigenvalue weighted by molar-refractivity contribution is 7.91. The molecule has 2 atom stereocenters. The number of likely N-dealkylation sites (tertiary alicyclic amines) is 2. The van der Waals surface area contributed by atoms with Crippen LogP contribution < -0.4 is 4.90 Å². The highest BCUT2D eigenvalue weighted by Gasteiger charge is 2.45. The molecule has 0 N–H and O–H groups in total. The molecule has 0 bridgehead atoms. The first-order chi connectivity index (χ1) is 16.8. The number of nitrogens with zero attached hydrogens (tertiary/aromatic N) is 3. The van der Waals surface area contributed by atoms with E-state index >= 15 is 0 Å². The van der Waals surface area contributed by atoms with E-state index in [9.17, 15) is 26.4 Å². The van der Waals surface area contributed by atoms with E-state index in [0.717, 1.165) is 43.1 Å². The third kappa shape index (κ3) is 5.77. The van der Waals surface area contributed by atoms with Gasteiger partial charge in [-0.2, -0.15) is 13.2 Å². The normalized spacial score (nSPS) is 23.9. The van der Waals surface area contributed by atoms with Crippen LogP contribution in [0.1, 0.15) is 50.2 Å². The molecular weight excluding hydrogens is 495 g/mol. The minimum absolute atomic E-state index is 0.102. The Hall–Kier alpha value is -2.01. The second kappa shape index (κ2) is 10.0. The maximum Gasteiger partial charge on any atom is 0.425 e. The minimum Gasteiger partial charge on any atom is -0.437 e. The summed E-state index contributed by atoms with van der Waals surface area (Å²) in [6, 6.07) is 6.32. The number of halogens is 3. The van der Waals surface area contributed by atoms with Crippen molar-refractivity contribution in [1.82, 2.24) is 9.80 Å². The van der Waals surface area contributed by atoms with Gasteiger partial charge >= 0.3 is 12.3 Å². The number of carbonyl (C=O) groups excluding carboxylic acids is 1. The first kappa shape index (κ1) is 27.0. The fraction of sp³-hybridized carbons (Fsp3) is 0.720. The van der Waals surface area contributed by atoms with Gasteiger partial charge in [-0.25, -0.2) is 13.2 Å². The average Bonchev–Trinajstić information content (AvgIpc) is 3.43. The molecule has 11 heteroatoms. The second-order valence-electron chi connectivity index (χ2n) is 10.6. The quantitative estimate of drug-likeness (QED) is 0.569. The predicted molar refractivity (Wildman–Crippen MR) is 132 cm³/mol. The monoisotopic (exact) mass is 531 g/mol. The lowest BCUT2D eigenvalue weighted by Gasteiger charge is -2.45. The fourth-order valence-corrected chi connectivity index (χ4v) is 6.79. The summed E-state index contributed by atoms with van der Waals surface area (Å²) in [4.78, 5) is 18.3. The maximum absolute atomic E-state index is 12.8. The van der Waals surface area contributed by atoms with E-state index in [0.29, 0.717) is 52.0 Å². The molecule has 0 aromatic heterocycles. The van der Waals surface area contributed by atoms with Gasteiger partial charge in [0.1, 0.15) is 0 Å². The van der Waals surface area contributed by atoms with E-state index in [1.807, 2.05) is 6.92 Å². The molecule has 3 saturated heterocycles. The highest BCUT2D eigenvalue weighted by atomic mass is 32.2. The molecule has 2 unspecified atom stereocenters. The van der Waals surface area contributed by atoms with E-state index < -0.39 is 28.2 Å². The molecule has 3 fully saturated rings. The first-order valence-corrected chi connectivity index (χ1v) is 14.5. The van der Waals surface area contributed by atoms with Crippen molar-refractivity contribution in [3.05, 3.63) is 29.3 Å². The number of sulfone groups is 1. The van der Waals surface area contributed by atoms with Crippen molar-refractivity contribution >= 4 is 21.6 Å². The largest absolute Gasteiger partial charge is 0.437 e. The molecule has 3 aliphatic heterocycles. The minimum atomic E-state index is -4.57. The SMILES string of the molecule is Cc1ccc(CN2CCCC23CCN(C(=O)OC(C)C(F)(F)F)CC3)c(N2CCC(S(C)(=O)=O)C2)c1. The molecule has 202 valence electrons. The van der Waals surface area contributed by atoms with Gasteiger partial charge in [-0.1, -0.05) is 12.1 Å². The molecule has 1 amide bonds. The predicted octanol–water partition coefficient (Wildman–Crippen LogP) is 4.14. The summed E-state index contributed by atoms with van der Waals surface area (Å²) in [5.74, 6) is 0. The van der Waals surface area contributed by atoms with E-state index in [4.69, 9.17) is 0 Å². The summed E-state index contributed by atoms with van der Waals surface area (Å²) < 4.78 is 67.2. The molecule has 0 saturated carbocycles. The average molecular weight is 532 g/mol. The fourth-order valence-electron chi connectivity index (χ4n) is 5.81. The van der Waals surface area contributed by atoms with Crippen LogP contribution in [0.25, 0.3) is 0 Å². The molecule has 1 aromatic carbocycles. The van der Waals surface area contributed by atoms with Crippen LogP contribution in [0.3, 0.4) is 0 Å². The highest BCUT2D eigenvalue weighted by Crippen LogP contribution is 2.41. The van der Waals surface area contributed by atoms with Crippen molar-refractivity contribution in [1.29, 1.82) is 0 Å². The van der Waals surface area contributed by atoms with Crippen molar-refractivity contribution in [2.24, 2.45) is 0 Å². The van der Waals surface area contributed by atoms with E-state index in [1.165, 1.54) is 11.2 Å². The number of hydrogen-bond donors (Lipinski definition) is 0. The molecule has 7 nitrogen and oxygen atoms in total. The molecule has 3 heterocycles. The molecule has 0 aliphatic carbocycles. The Bertz CT molecular complexity index is 1070. The first-order valence-electron chi connectivity index (χ1n) is 12.6. The van der Waals surface area contributed by atoms with Gasteiger partial charge in [0.15, 0.2) is 15.9 Å². The summed E-state index contributed by atoms with van der Waals surface area (Å²) >= 11 is 0. The number of alkyl halides is 3. The lowest BCUT2D eigenvalue weighted by Crippen LogP contribution is -2.53. The van der Waals surface area contributed by atoms with Crippen LogP contribution in [-0.4, -0.2) is 86.4 Å². The van der Waals surface area contributed by atoms with Crippen LogP contribution in [0.5, 0.6) is 0 Å². The zero-order valence-corrected chi connectivity index (χ0v) is 22.0. The molecule has 4 rings (SSSR count). The number of carbonyl (C=O) groups is 1. The number of rotatable bonds is 5. The summed E-state index contributed by atoms with van der Waals surface area (Å²) in [7, 11) is -3.10. The smallest absolute Gasteiger partial charge is 0.425 e. The third-order valence-electron chi connectivity index (χ3n) is 8.13. The second-order valence-corrected chi connectivity index (χ2v) is 12.9. The van der Waals surface area contributed by atoms with Crippen LogP contribution in [0.15, 0.2) is 18.2 Å². The third-order valence-corrected chi connectivity index (χ3v) is 9.72. The Balaban J connectivity index is 1.44. The Morgan fingerprint density at radius 1 is 1.17 bits per heavy atom. The maximum atomic E-state index is 12.8. The number of piperidine rings is 1. The summed E-state index contributed by atoms with van der Waals surface area (Å²) in [6.07, 6.45) is -2.31. The zero-order chi connectivity index (χ0) is 26.3. The lowest BCUT2D eigenvalue weighted by atomic mass is 9.84. The van der Waals surface area contributed by atoms with Gasteiger partial charge in [0, 0.05) is 50.2 Å². The topological polar surface area (TPSA) is 70.2 Å². The number of aryl methyl sites for hydroxylation is 1. The van der Waals surface area contributed by atoms with E-state index in [-0.39, 0.29) is 10.8 Å². The van der Waals surface area contributed by atoms with Crippen molar-refractivity contribution in [2.45, 2.75) is 75.6 Å². The van der Waals surface area contributed by atoms with Crippen LogP contribution in [-0.2, 0) is 21.1 Å². The summed E-state index contributed by atoms with van der Waals surface area (Å²) in [6.45, 7) is 6.43. The molecule has 3 aliphatic rings. The van der Waals surface area contributed by atoms with E-state index in [2.05, 4.69) is 32.7 Å². The van der Waals surface area contributed by atoms with Crippen molar-refractivity contribution < 1.29 is 31.1 Å². The van der Waals surface area contributed by atoms with Gasteiger partial charge in [-0.15, -0.1) is 0 Å². The molecule has 0 radical (unpaired) electrons. The van der Waals surface area contributed by atoms with Gasteiger partial charge in [0.2, 0.25) is 0 Å². The number of benzene rings is 1. The lowest BCUT2D eigenvalue weighted by molar-refractivity contribution is -0.200. The van der Waals surface area contributed by atoms with Crippen molar-refractivity contribution in [3.8, 4) is 0 Å². The van der Waals surface area contributed by atoms with Crippen molar-refractivity contribution in [3.63, 3.8) is 0 Å². The van der Waals surface area contributed by atoms with Crippen LogP contribution in [0.4, 0.5) is 23.7 Å². The standard InChI is InChI=1S/C25H36F3N3O4S/c1-18-5-6-20(22(15-18)30-12-7-21(17-30)36(3,33)34)16-31-11-4-8-24(31)9-13-29(14-10-24)23(32)35-19(2)25(26,27)28/h5-6,15,19,21H,4,7-14,16-17H2,1-3H3. The van der Waals surface area contributed by atoms with Gasteiger partial charge < -0.3 is 14.5 Å². The summed E-state index contributed by atoms with van der Waals surface area (Å²) in [5.41, 5.74) is 3.24. The van der Waals surface area contributed by atoms with Gasteiger partial charge in [-0.05, 0) is 69.7 Å². The van der Waals surface area contributed by atoms with Gasteiger partial charge in [-0.3, -0.25) is 4.90 Å². The van der Waals surface area contributed by atoms with Crippen LogP contribution in [0.2, 0.25) is 0 Å². The van der Waals surface area contributed by atoms with Crippen LogP contribution >= 0.6 is 0 Å². The number of ether oxygens (including phenoxy) is 1. The Morgan fingerprint density at radius 3 is 2.47 bits per heavy atom. The van der Waals surface area contributed by atoms with E-state index in [1.54, 1.807) is 0 Å². The number of hydrogen-bond acceptors (Lipinski definition) is 6.